The molecule has 0 aromatic rings. The van der Waals surface area contributed by atoms with Crippen LogP contribution < -0.4 is 0 Å². The molecule has 0 fully saturated rings. The van der Waals surface area contributed by atoms with Crippen molar-refractivity contribution < 1.29 is 29.0 Å². The SMILES string of the molecule is CP(C)(=O)C(O)C(=O)O.O=[PH+]O. The molecule has 0 aliphatic carbocycles. The summed E-state index contributed by atoms with van der Waals surface area (Å²) < 4.78 is 19.2. The summed E-state index contributed by atoms with van der Waals surface area (Å²) in [5, 5.41) is 16.7. The van der Waals surface area contributed by atoms with E-state index in [4.69, 9.17) is 19.7 Å². The van der Waals surface area contributed by atoms with Crippen LogP contribution in [0.25, 0.3) is 0 Å². The average Bonchev–Trinajstić information content (AvgIpc) is 1.85. The Hall–Kier alpha value is -0.280. The van der Waals surface area contributed by atoms with Gasteiger partial charge in [-0.15, -0.1) is 0 Å². The molecule has 2 unspecified atom stereocenters. The molecule has 0 heterocycles. The predicted molar refractivity (Wildman–Crippen MR) is 44.3 cm³/mol. The van der Waals surface area contributed by atoms with Gasteiger partial charge in [-0.3, -0.25) is 0 Å². The zero-order chi connectivity index (χ0) is 10.4. The van der Waals surface area contributed by atoms with Crippen molar-refractivity contribution in [2.75, 3.05) is 13.3 Å². The Labute approximate surface area is 70.9 Å². The second kappa shape index (κ2) is 6.26. The van der Waals surface area contributed by atoms with Gasteiger partial charge in [-0.25, -0.2) is 4.79 Å². The zero-order valence-corrected chi connectivity index (χ0v) is 8.49. The van der Waals surface area contributed by atoms with E-state index in [1.165, 1.54) is 13.3 Å². The molecule has 0 rings (SSSR count). The molecule has 8 heteroatoms. The Bertz CT molecular complexity index is 196. The van der Waals surface area contributed by atoms with Crippen LogP contribution >= 0.6 is 15.8 Å². The minimum Gasteiger partial charge on any atom is -0.479 e. The zero-order valence-electron chi connectivity index (χ0n) is 6.59. The number of hydrogen-bond acceptors (Lipinski definition) is 4. The van der Waals surface area contributed by atoms with Crippen LogP contribution in [0.4, 0.5) is 0 Å². The highest BCUT2D eigenvalue weighted by molar-refractivity contribution is 7.63. The van der Waals surface area contributed by atoms with Crippen LogP contribution in [-0.4, -0.2) is 40.3 Å². The molecule has 0 aromatic heterocycles. The highest BCUT2D eigenvalue weighted by Gasteiger charge is 2.26. The second-order valence-electron chi connectivity index (χ2n) is 2.24. The predicted octanol–water partition coefficient (Wildman–Crippen LogP) is -0.0702. The summed E-state index contributed by atoms with van der Waals surface area (Å²) in [5.74, 6) is -3.14. The minimum atomic E-state index is -2.86. The summed E-state index contributed by atoms with van der Waals surface area (Å²) in [4.78, 5) is 17.0. The van der Waals surface area contributed by atoms with Crippen molar-refractivity contribution in [1.82, 2.24) is 0 Å². The fraction of sp³-hybridized carbons (Fsp3) is 0.750. The van der Waals surface area contributed by atoms with Crippen molar-refractivity contribution >= 4 is 21.8 Å². The van der Waals surface area contributed by atoms with E-state index in [-0.39, 0.29) is 0 Å². The fourth-order valence-corrected chi connectivity index (χ4v) is 0.798. The van der Waals surface area contributed by atoms with Crippen LogP contribution in [-0.2, 0) is 13.9 Å². The van der Waals surface area contributed by atoms with Gasteiger partial charge in [-0.05, 0) is 17.9 Å². The molecule has 0 radical (unpaired) electrons. The maximum atomic E-state index is 10.7. The van der Waals surface area contributed by atoms with E-state index in [1.54, 1.807) is 0 Å². The maximum absolute atomic E-state index is 10.7. The van der Waals surface area contributed by atoms with Crippen molar-refractivity contribution in [3.63, 3.8) is 0 Å². The van der Waals surface area contributed by atoms with E-state index in [0.717, 1.165) is 0 Å². The molecule has 0 bridgehead atoms. The Balaban J connectivity index is 0. The Morgan fingerprint density at radius 3 is 1.75 bits per heavy atom. The molecule has 2 atom stereocenters. The number of carbonyl (C=O) groups is 1. The molecule has 0 saturated heterocycles. The molecule has 6 nitrogen and oxygen atoms in total. The van der Waals surface area contributed by atoms with E-state index >= 15 is 0 Å². The first-order valence-corrected chi connectivity index (χ1v) is 6.26. The van der Waals surface area contributed by atoms with Crippen molar-refractivity contribution in [2.45, 2.75) is 5.85 Å². The smallest absolute Gasteiger partial charge is 0.479 e. The lowest BCUT2D eigenvalue weighted by molar-refractivity contribution is -0.142. The normalized spacial score (nSPS) is 13.0. The number of hydrogen-bond donors (Lipinski definition) is 3. The van der Waals surface area contributed by atoms with Crippen molar-refractivity contribution in [1.29, 1.82) is 0 Å². The van der Waals surface area contributed by atoms with E-state index in [0.29, 0.717) is 0 Å². The van der Waals surface area contributed by atoms with Crippen molar-refractivity contribution in [2.24, 2.45) is 0 Å². The molecule has 12 heavy (non-hydrogen) atoms. The molecule has 3 N–H and O–H groups in total. The Morgan fingerprint density at radius 1 is 1.50 bits per heavy atom. The number of aliphatic hydroxyl groups excluding tert-OH is 1. The van der Waals surface area contributed by atoms with Gasteiger partial charge in [0.2, 0.25) is 5.85 Å². The summed E-state index contributed by atoms with van der Waals surface area (Å²) >= 11 is 0. The number of rotatable bonds is 2. The highest BCUT2D eigenvalue weighted by atomic mass is 31.2. The van der Waals surface area contributed by atoms with E-state index in [9.17, 15) is 9.36 Å². The summed E-state index contributed by atoms with van der Waals surface area (Å²) in [7, 11) is -4.02. The number of carboxylic acid groups (broad SMARTS) is 1. The van der Waals surface area contributed by atoms with Gasteiger partial charge < -0.3 is 14.8 Å². The molecule has 0 aromatic carbocycles. The third-order valence-electron chi connectivity index (χ3n) is 0.810. The first-order valence-electron chi connectivity index (χ1n) is 2.74. The van der Waals surface area contributed by atoms with Gasteiger partial charge in [-0.1, -0.05) is 0 Å². The first kappa shape index (κ1) is 14.3. The summed E-state index contributed by atoms with van der Waals surface area (Å²) in [6.07, 6.45) is 0. The lowest BCUT2D eigenvalue weighted by atomic mass is 10.7. The molecule has 0 saturated carbocycles. The third-order valence-corrected chi connectivity index (χ3v) is 2.21. The minimum absolute atomic E-state index is 1.17. The van der Waals surface area contributed by atoms with Crippen LogP contribution in [0, 0.1) is 0 Å². The van der Waals surface area contributed by atoms with Crippen LogP contribution in [0.15, 0.2) is 0 Å². The van der Waals surface area contributed by atoms with Gasteiger partial charge in [-0.2, -0.15) is 4.89 Å². The second-order valence-corrected chi connectivity index (χ2v) is 5.78. The van der Waals surface area contributed by atoms with Crippen LogP contribution in [0.3, 0.4) is 0 Å². The molecular formula is C4H11O6P2+. The average molecular weight is 217 g/mol. The number of carboxylic acids is 1. The monoisotopic (exact) mass is 217 g/mol. The van der Waals surface area contributed by atoms with Crippen LogP contribution in [0.5, 0.6) is 0 Å². The molecule has 0 aliphatic heterocycles. The van der Waals surface area contributed by atoms with Gasteiger partial charge in [0.25, 0.3) is 0 Å². The molecular weight excluding hydrogens is 206 g/mol. The molecule has 0 aliphatic rings. The van der Waals surface area contributed by atoms with E-state index < -0.39 is 27.6 Å². The maximum Gasteiger partial charge on any atom is 0.491 e. The summed E-state index contributed by atoms with van der Waals surface area (Å²) in [6.45, 7) is 2.46. The Kier molecular flexibility index (Phi) is 7.44. The first-order chi connectivity index (χ1) is 5.27. The van der Waals surface area contributed by atoms with Crippen LogP contribution in [0.1, 0.15) is 0 Å². The summed E-state index contributed by atoms with van der Waals surface area (Å²) in [6, 6.07) is 0. The van der Waals surface area contributed by atoms with Gasteiger partial charge in [0, 0.05) is 0 Å². The topological polar surface area (TPSA) is 112 Å². The fourth-order valence-electron chi connectivity index (χ4n) is 0.266. The van der Waals surface area contributed by atoms with Crippen LogP contribution in [0.2, 0.25) is 0 Å². The van der Waals surface area contributed by atoms with Gasteiger partial charge in [0.1, 0.15) is 7.14 Å². The van der Waals surface area contributed by atoms with Gasteiger partial charge in [0.15, 0.2) is 0 Å². The molecule has 0 amide bonds. The third kappa shape index (κ3) is 7.82. The lowest BCUT2D eigenvalue weighted by Crippen LogP contribution is -2.18. The largest absolute Gasteiger partial charge is 0.491 e. The van der Waals surface area contributed by atoms with Gasteiger partial charge >= 0.3 is 14.7 Å². The molecule has 72 valence electrons. The number of aliphatic carboxylic acids is 1. The standard InChI is InChI=1S/C4H9O4P.HO2P/c1-9(2,8)4(7)3(5)6;1-3-2/h4,7H,1-2H3,(H,5,6);3H/p+1. The quantitative estimate of drug-likeness (QED) is 0.558. The summed E-state index contributed by atoms with van der Waals surface area (Å²) in [5.41, 5.74) is 0. The Morgan fingerprint density at radius 2 is 1.75 bits per heavy atom. The van der Waals surface area contributed by atoms with Crippen molar-refractivity contribution in [3.05, 3.63) is 0 Å². The number of aliphatic hydroxyl groups is 1. The van der Waals surface area contributed by atoms with E-state index in [2.05, 4.69) is 0 Å². The van der Waals surface area contributed by atoms with Crippen molar-refractivity contribution in [3.8, 4) is 0 Å². The highest BCUT2D eigenvalue weighted by Crippen LogP contribution is 2.40. The molecule has 0 spiro atoms. The lowest BCUT2D eigenvalue weighted by Gasteiger charge is -2.08. The van der Waals surface area contributed by atoms with E-state index in [1.807, 2.05) is 0 Å². The van der Waals surface area contributed by atoms with Gasteiger partial charge in [0.05, 0.1) is 0 Å².